The molecule has 2 N–H and O–H groups in total. The number of anilines is 1. The lowest BCUT2D eigenvalue weighted by Gasteiger charge is -1.96. The van der Waals surface area contributed by atoms with Crippen molar-refractivity contribution in [2.45, 2.75) is 6.92 Å². The lowest BCUT2D eigenvalue weighted by atomic mass is 10.2. The molecule has 0 atom stereocenters. The third-order valence-electron chi connectivity index (χ3n) is 1.27. The highest BCUT2D eigenvalue weighted by molar-refractivity contribution is 5.55. The second kappa shape index (κ2) is 3.07. The van der Waals surface area contributed by atoms with Crippen LogP contribution in [-0.4, -0.2) is 0 Å². The van der Waals surface area contributed by atoms with E-state index in [0.29, 0.717) is 11.3 Å². The number of halogens is 1. The molecule has 0 aromatic heterocycles. The zero-order valence-corrected chi connectivity index (χ0v) is 6.19. The number of nitrogens with two attached hydrogens (primary N) is 1. The van der Waals surface area contributed by atoms with Crippen molar-refractivity contribution in [2.75, 3.05) is 5.73 Å². The summed E-state index contributed by atoms with van der Waals surface area (Å²) < 4.78 is 12.5. The standard InChI is InChI=1S/C9H8FN/c1-2-3-7-4-5-8(10)6-9(7)11/h4-6H,11H2,1H3. The molecule has 2 heteroatoms. The Hall–Kier alpha value is -1.49. The first-order valence-corrected chi connectivity index (χ1v) is 3.22. The summed E-state index contributed by atoms with van der Waals surface area (Å²) in [6.45, 7) is 1.71. The average molecular weight is 149 g/mol. The van der Waals surface area contributed by atoms with Crippen LogP contribution < -0.4 is 5.73 Å². The fraction of sp³-hybridized carbons (Fsp3) is 0.111. The molecule has 0 radical (unpaired) electrons. The number of nitrogen functional groups attached to an aromatic ring is 1. The zero-order valence-electron chi connectivity index (χ0n) is 6.19. The van der Waals surface area contributed by atoms with Crippen LogP contribution in [0.25, 0.3) is 0 Å². The lowest BCUT2D eigenvalue weighted by molar-refractivity contribution is 0.628. The fourth-order valence-corrected chi connectivity index (χ4v) is 0.782. The van der Waals surface area contributed by atoms with Crippen molar-refractivity contribution >= 4 is 5.69 Å². The summed E-state index contributed by atoms with van der Waals surface area (Å²) in [5.74, 6) is 5.12. The predicted molar refractivity (Wildman–Crippen MR) is 43.4 cm³/mol. The van der Waals surface area contributed by atoms with Crippen LogP contribution in [0.2, 0.25) is 0 Å². The Morgan fingerprint density at radius 2 is 2.18 bits per heavy atom. The van der Waals surface area contributed by atoms with Crippen molar-refractivity contribution in [3.8, 4) is 11.8 Å². The molecule has 1 nitrogen and oxygen atoms in total. The van der Waals surface area contributed by atoms with Gasteiger partial charge in [-0.1, -0.05) is 5.92 Å². The SMILES string of the molecule is CC#Cc1ccc(F)cc1N. The highest BCUT2D eigenvalue weighted by Gasteiger charge is 1.95. The molecule has 0 heterocycles. The summed E-state index contributed by atoms with van der Waals surface area (Å²) >= 11 is 0. The monoisotopic (exact) mass is 149 g/mol. The van der Waals surface area contributed by atoms with E-state index in [2.05, 4.69) is 11.8 Å². The molecule has 0 aliphatic heterocycles. The number of hydrogen-bond donors (Lipinski definition) is 1. The summed E-state index contributed by atoms with van der Waals surface area (Å²) in [5.41, 5.74) is 6.53. The van der Waals surface area contributed by atoms with Crippen LogP contribution in [0.15, 0.2) is 18.2 Å². The smallest absolute Gasteiger partial charge is 0.125 e. The molecule has 0 aliphatic carbocycles. The quantitative estimate of drug-likeness (QED) is 0.441. The highest BCUT2D eigenvalue weighted by Crippen LogP contribution is 2.11. The first kappa shape index (κ1) is 7.62. The Bertz CT molecular complexity index is 320. The van der Waals surface area contributed by atoms with Gasteiger partial charge in [0.15, 0.2) is 0 Å². The van der Waals surface area contributed by atoms with Gasteiger partial charge in [0.25, 0.3) is 0 Å². The molecule has 0 bridgehead atoms. The fourth-order valence-electron chi connectivity index (χ4n) is 0.782. The van der Waals surface area contributed by atoms with Gasteiger partial charge in [-0.3, -0.25) is 0 Å². The Labute approximate surface area is 65.0 Å². The van der Waals surface area contributed by atoms with Gasteiger partial charge < -0.3 is 5.73 Å². The molecular weight excluding hydrogens is 141 g/mol. The highest BCUT2D eigenvalue weighted by atomic mass is 19.1. The first-order valence-electron chi connectivity index (χ1n) is 3.22. The molecule has 1 aromatic carbocycles. The van der Waals surface area contributed by atoms with Crippen molar-refractivity contribution in [1.29, 1.82) is 0 Å². The van der Waals surface area contributed by atoms with Crippen molar-refractivity contribution in [1.82, 2.24) is 0 Å². The third kappa shape index (κ3) is 1.71. The maximum absolute atomic E-state index is 12.5. The van der Waals surface area contributed by atoms with Crippen LogP contribution >= 0.6 is 0 Å². The molecule has 56 valence electrons. The summed E-state index contributed by atoms with van der Waals surface area (Å²) in [4.78, 5) is 0. The summed E-state index contributed by atoms with van der Waals surface area (Å²) in [7, 11) is 0. The van der Waals surface area contributed by atoms with E-state index in [-0.39, 0.29) is 5.82 Å². The van der Waals surface area contributed by atoms with E-state index in [1.165, 1.54) is 12.1 Å². The normalized spacial score (nSPS) is 8.55. The maximum Gasteiger partial charge on any atom is 0.125 e. The molecule has 1 rings (SSSR count). The molecule has 11 heavy (non-hydrogen) atoms. The van der Waals surface area contributed by atoms with Crippen LogP contribution in [0.4, 0.5) is 10.1 Å². The summed E-state index contributed by atoms with van der Waals surface area (Å²) in [6, 6.07) is 4.18. The molecule has 0 fully saturated rings. The average Bonchev–Trinajstić information content (AvgIpc) is 1.95. The minimum Gasteiger partial charge on any atom is -0.398 e. The largest absolute Gasteiger partial charge is 0.398 e. The number of benzene rings is 1. The lowest BCUT2D eigenvalue weighted by Crippen LogP contribution is -1.90. The van der Waals surface area contributed by atoms with Crippen LogP contribution in [0.1, 0.15) is 12.5 Å². The first-order chi connectivity index (χ1) is 5.24. The minimum absolute atomic E-state index is 0.329. The van der Waals surface area contributed by atoms with Gasteiger partial charge in [0.05, 0.1) is 5.69 Å². The van der Waals surface area contributed by atoms with Crippen LogP contribution in [-0.2, 0) is 0 Å². The number of hydrogen-bond acceptors (Lipinski definition) is 1. The molecule has 0 spiro atoms. The van der Waals surface area contributed by atoms with E-state index in [4.69, 9.17) is 5.73 Å². The van der Waals surface area contributed by atoms with Crippen molar-refractivity contribution < 1.29 is 4.39 Å². The van der Waals surface area contributed by atoms with E-state index in [9.17, 15) is 4.39 Å². The molecule has 0 unspecified atom stereocenters. The predicted octanol–water partition coefficient (Wildman–Crippen LogP) is 1.78. The van der Waals surface area contributed by atoms with Gasteiger partial charge in [-0.15, -0.1) is 5.92 Å². The van der Waals surface area contributed by atoms with E-state index in [1.54, 1.807) is 13.0 Å². The van der Waals surface area contributed by atoms with Gasteiger partial charge in [0.1, 0.15) is 5.82 Å². The van der Waals surface area contributed by atoms with Gasteiger partial charge in [-0.05, 0) is 25.1 Å². The summed E-state index contributed by atoms with van der Waals surface area (Å²) in [6.07, 6.45) is 0. The molecular formula is C9H8FN. The Morgan fingerprint density at radius 1 is 1.45 bits per heavy atom. The van der Waals surface area contributed by atoms with Crippen LogP contribution in [0, 0.1) is 17.7 Å². The molecule has 0 amide bonds. The second-order valence-corrected chi connectivity index (χ2v) is 2.11. The van der Waals surface area contributed by atoms with Gasteiger partial charge in [-0.25, -0.2) is 4.39 Å². The minimum atomic E-state index is -0.329. The van der Waals surface area contributed by atoms with E-state index < -0.39 is 0 Å². The van der Waals surface area contributed by atoms with Crippen LogP contribution in [0.5, 0.6) is 0 Å². The molecule has 0 saturated carbocycles. The summed E-state index contributed by atoms with van der Waals surface area (Å²) in [5, 5.41) is 0. The third-order valence-corrected chi connectivity index (χ3v) is 1.27. The maximum atomic E-state index is 12.5. The van der Waals surface area contributed by atoms with Crippen molar-refractivity contribution in [3.05, 3.63) is 29.6 Å². The molecule has 1 aromatic rings. The zero-order chi connectivity index (χ0) is 8.27. The Kier molecular flexibility index (Phi) is 2.12. The van der Waals surface area contributed by atoms with E-state index >= 15 is 0 Å². The molecule has 0 aliphatic rings. The number of rotatable bonds is 0. The van der Waals surface area contributed by atoms with Gasteiger partial charge >= 0.3 is 0 Å². The van der Waals surface area contributed by atoms with Gasteiger partial charge in [0.2, 0.25) is 0 Å². The van der Waals surface area contributed by atoms with Gasteiger partial charge in [-0.2, -0.15) is 0 Å². The topological polar surface area (TPSA) is 26.0 Å². The van der Waals surface area contributed by atoms with Crippen LogP contribution in [0.3, 0.4) is 0 Å². The van der Waals surface area contributed by atoms with E-state index in [1.807, 2.05) is 0 Å². The Morgan fingerprint density at radius 3 is 2.73 bits per heavy atom. The Balaban J connectivity index is 3.16. The van der Waals surface area contributed by atoms with Crippen molar-refractivity contribution in [3.63, 3.8) is 0 Å². The van der Waals surface area contributed by atoms with Crippen molar-refractivity contribution in [2.24, 2.45) is 0 Å². The van der Waals surface area contributed by atoms with E-state index in [0.717, 1.165) is 0 Å². The van der Waals surface area contributed by atoms with Gasteiger partial charge in [0, 0.05) is 5.56 Å². The molecule has 0 saturated heterocycles. The second-order valence-electron chi connectivity index (χ2n) is 2.11.